The van der Waals surface area contributed by atoms with Gasteiger partial charge in [-0.15, -0.1) is 0 Å². The molecule has 0 aromatic carbocycles. The van der Waals surface area contributed by atoms with E-state index in [0.717, 1.165) is 44.6 Å². The summed E-state index contributed by atoms with van der Waals surface area (Å²) in [6.45, 7) is 9.64. The van der Waals surface area contributed by atoms with Crippen molar-refractivity contribution >= 4 is 5.91 Å². The Balaban J connectivity index is 1.62. The van der Waals surface area contributed by atoms with Crippen molar-refractivity contribution in [2.24, 2.45) is 5.92 Å². The van der Waals surface area contributed by atoms with E-state index in [1.54, 1.807) is 10.7 Å². The molecule has 2 aliphatic rings. The predicted molar refractivity (Wildman–Crippen MR) is 92.9 cm³/mol. The molecule has 0 aliphatic carbocycles. The molecule has 1 atom stereocenters. The van der Waals surface area contributed by atoms with Crippen LogP contribution < -0.4 is 10.9 Å². The zero-order valence-corrected chi connectivity index (χ0v) is 14.9. The Morgan fingerprint density at radius 1 is 1.17 bits per heavy atom. The number of piperidine rings is 1. The smallest absolute Gasteiger partial charge is 0.266 e. The van der Waals surface area contributed by atoms with Gasteiger partial charge in [-0.05, 0) is 44.3 Å². The van der Waals surface area contributed by atoms with E-state index in [1.807, 2.05) is 6.07 Å². The Hall–Kier alpha value is -1.69. The highest BCUT2D eigenvalue weighted by molar-refractivity contribution is 5.83. The number of carbonyl (C=O) groups is 1. The van der Waals surface area contributed by atoms with Crippen molar-refractivity contribution in [1.82, 2.24) is 20.0 Å². The first-order chi connectivity index (χ1) is 11.3. The number of nitrogens with zero attached hydrogens (tertiary/aromatic N) is 3. The highest BCUT2D eigenvalue weighted by atomic mass is 16.2. The first-order valence-corrected chi connectivity index (χ1v) is 8.95. The van der Waals surface area contributed by atoms with Crippen LogP contribution in [0.4, 0.5) is 0 Å². The normalized spacial score (nSPS) is 23.5. The van der Waals surface area contributed by atoms with E-state index in [-0.39, 0.29) is 22.9 Å². The summed E-state index contributed by atoms with van der Waals surface area (Å²) in [6.07, 6.45) is 2.94. The predicted octanol–water partition coefficient (Wildman–Crippen LogP) is 1.14. The minimum absolute atomic E-state index is 0.0272. The summed E-state index contributed by atoms with van der Waals surface area (Å²) >= 11 is 0. The van der Waals surface area contributed by atoms with Crippen molar-refractivity contribution in [3.8, 4) is 0 Å². The lowest BCUT2D eigenvalue weighted by Crippen LogP contribution is -2.46. The van der Waals surface area contributed by atoms with Crippen LogP contribution in [0.3, 0.4) is 0 Å². The number of aromatic nitrogens is 2. The number of hydrogen-bond donors (Lipinski definition) is 1. The summed E-state index contributed by atoms with van der Waals surface area (Å²) in [4.78, 5) is 26.2. The Bertz CT molecular complexity index is 654. The van der Waals surface area contributed by atoms with Crippen LogP contribution in [0.15, 0.2) is 16.9 Å². The van der Waals surface area contributed by atoms with Gasteiger partial charge >= 0.3 is 0 Å². The Labute approximate surface area is 143 Å². The van der Waals surface area contributed by atoms with Gasteiger partial charge in [0.1, 0.15) is 0 Å². The SMILES string of the molecule is CC(C)(C)c1ccc(=O)n(CC2CCN(C3CCNC3=O)CC2)n1. The average molecular weight is 332 g/mol. The van der Waals surface area contributed by atoms with Gasteiger partial charge in [-0.3, -0.25) is 14.5 Å². The molecule has 2 saturated heterocycles. The largest absolute Gasteiger partial charge is 0.355 e. The molecule has 0 spiro atoms. The van der Waals surface area contributed by atoms with Crippen molar-refractivity contribution in [3.05, 3.63) is 28.2 Å². The van der Waals surface area contributed by atoms with Crippen molar-refractivity contribution in [2.75, 3.05) is 19.6 Å². The Morgan fingerprint density at radius 3 is 2.46 bits per heavy atom. The van der Waals surface area contributed by atoms with Gasteiger partial charge in [0.2, 0.25) is 5.91 Å². The molecule has 6 heteroatoms. The molecule has 1 amide bonds. The number of hydrogen-bond acceptors (Lipinski definition) is 4. The number of amides is 1. The second kappa shape index (κ2) is 6.67. The Morgan fingerprint density at radius 2 is 1.88 bits per heavy atom. The van der Waals surface area contributed by atoms with E-state index in [0.29, 0.717) is 12.5 Å². The molecule has 0 radical (unpaired) electrons. The van der Waals surface area contributed by atoms with Crippen LogP contribution >= 0.6 is 0 Å². The van der Waals surface area contributed by atoms with Gasteiger partial charge in [0.15, 0.2) is 0 Å². The molecule has 3 rings (SSSR count). The molecule has 3 heterocycles. The molecule has 1 unspecified atom stereocenters. The van der Waals surface area contributed by atoms with Crippen LogP contribution in [0.25, 0.3) is 0 Å². The molecule has 132 valence electrons. The highest BCUT2D eigenvalue weighted by Gasteiger charge is 2.32. The van der Waals surface area contributed by atoms with Gasteiger partial charge in [0.05, 0.1) is 11.7 Å². The summed E-state index contributed by atoms with van der Waals surface area (Å²) in [5.41, 5.74) is 0.858. The molecule has 2 aliphatic heterocycles. The fourth-order valence-corrected chi connectivity index (χ4v) is 3.60. The quantitative estimate of drug-likeness (QED) is 0.901. The molecule has 1 N–H and O–H groups in total. The van der Waals surface area contributed by atoms with Crippen molar-refractivity contribution in [1.29, 1.82) is 0 Å². The van der Waals surface area contributed by atoms with E-state index in [1.165, 1.54) is 0 Å². The van der Waals surface area contributed by atoms with E-state index in [4.69, 9.17) is 0 Å². The van der Waals surface area contributed by atoms with Gasteiger partial charge in [-0.1, -0.05) is 20.8 Å². The van der Waals surface area contributed by atoms with Gasteiger partial charge in [0.25, 0.3) is 5.56 Å². The molecule has 24 heavy (non-hydrogen) atoms. The highest BCUT2D eigenvalue weighted by Crippen LogP contribution is 2.23. The third-order valence-electron chi connectivity index (χ3n) is 5.18. The maximum atomic E-state index is 12.1. The standard InChI is InChI=1S/C18H28N4O2/c1-18(2,3)15-4-5-16(23)22(20-15)12-13-7-10-21(11-8-13)14-6-9-19-17(14)24/h4-5,13-14H,6-12H2,1-3H3,(H,19,24). The molecule has 0 saturated carbocycles. The van der Waals surface area contributed by atoms with Crippen LogP contribution in [0.5, 0.6) is 0 Å². The molecule has 1 aromatic heterocycles. The summed E-state index contributed by atoms with van der Waals surface area (Å²) < 4.78 is 1.63. The molecule has 6 nitrogen and oxygen atoms in total. The minimum Gasteiger partial charge on any atom is -0.355 e. The number of carbonyl (C=O) groups excluding carboxylic acids is 1. The zero-order valence-electron chi connectivity index (χ0n) is 14.9. The first kappa shape index (κ1) is 17.1. The fraction of sp³-hybridized carbons (Fsp3) is 0.722. The molecule has 0 bridgehead atoms. The van der Waals surface area contributed by atoms with Crippen molar-refractivity contribution < 1.29 is 4.79 Å². The lowest BCUT2D eigenvalue weighted by Gasteiger charge is -2.34. The number of nitrogens with one attached hydrogen (secondary N) is 1. The fourth-order valence-electron chi connectivity index (χ4n) is 3.60. The first-order valence-electron chi connectivity index (χ1n) is 8.95. The maximum Gasteiger partial charge on any atom is 0.266 e. The molecule has 2 fully saturated rings. The van der Waals surface area contributed by atoms with Gasteiger partial charge in [-0.2, -0.15) is 5.10 Å². The molecular formula is C18H28N4O2. The third kappa shape index (κ3) is 3.69. The van der Waals surface area contributed by atoms with E-state index in [2.05, 4.69) is 36.1 Å². The monoisotopic (exact) mass is 332 g/mol. The second-order valence-electron chi connectivity index (χ2n) is 8.06. The van der Waals surface area contributed by atoms with Crippen LogP contribution in [0.2, 0.25) is 0 Å². The summed E-state index contributed by atoms with van der Waals surface area (Å²) in [7, 11) is 0. The average Bonchev–Trinajstić information content (AvgIpc) is 2.95. The van der Waals surface area contributed by atoms with Gasteiger partial charge in [-0.25, -0.2) is 4.68 Å². The zero-order chi connectivity index (χ0) is 17.3. The van der Waals surface area contributed by atoms with Crippen molar-refractivity contribution in [2.45, 2.75) is 58.0 Å². The molecule has 1 aromatic rings. The number of rotatable bonds is 3. The van der Waals surface area contributed by atoms with E-state index >= 15 is 0 Å². The van der Waals surface area contributed by atoms with Gasteiger partial charge in [0, 0.05) is 24.6 Å². The summed E-state index contributed by atoms with van der Waals surface area (Å²) in [5, 5.41) is 7.48. The van der Waals surface area contributed by atoms with Crippen LogP contribution in [0.1, 0.15) is 45.7 Å². The van der Waals surface area contributed by atoms with Crippen LogP contribution in [0, 0.1) is 5.92 Å². The van der Waals surface area contributed by atoms with Gasteiger partial charge < -0.3 is 5.32 Å². The second-order valence-corrected chi connectivity index (χ2v) is 8.06. The lowest BCUT2D eigenvalue weighted by molar-refractivity contribution is -0.124. The maximum absolute atomic E-state index is 12.1. The Kier molecular flexibility index (Phi) is 4.76. The third-order valence-corrected chi connectivity index (χ3v) is 5.18. The van der Waals surface area contributed by atoms with E-state index < -0.39 is 0 Å². The van der Waals surface area contributed by atoms with Crippen molar-refractivity contribution in [3.63, 3.8) is 0 Å². The molecular weight excluding hydrogens is 304 g/mol. The van der Waals surface area contributed by atoms with Crippen LogP contribution in [-0.2, 0) is 16.8 Å². The topological polar surface area (TPSA) is 67.2 Å². The number of likely N-dealkylation sites (tertiary alicyclic amines) is 1. The van der Waals surface area contributed by atoms with E-state index in [9.17, 15) is 9.59 Å². The summed E-state index contributed by atoms with van der Waals surface area (Å²) in [6, 6.07) is 3.52. The summed E-state index contributed by atoms with van der Waals surface area (Å²) in [5.74, 6) is 0.621. The minimum atomic E-state index is -0.0609. The lowest BCUT2D eigenvalue weighted by atomic mass is 9.92. The van der Waals surface area contributed by atoms with Crippen LogP contribution in [-0.4, -0.2) is 46.3 Å².